The third kappa shape index (κ3) is 119. The summed E-state index contributed by atoms with van der Waals surface area (Å²) in [7, 11) is -5.17. The number of nitrogens with two attached hydrogens (primary N) is 1. The van der Waals surface area contributed by atoms with Gasteiger partial charge in [-0.2, -0.15) is 0 Å². The van der Waals surface area contributed by atoms with Crippen LogP contribution in [0.3, 0.4) is 0 Å². The van der Waals surface area contributed by atoms with Gasteiger partial charge in [0.25, 0.3) is 0 Å². The second-order valence-corrected chi connectivity index (χ2v) is 1.83. The summed E-state index contributed by atoms with van der Waals surface area (Å²) < 4.78 is 34.1. The molecular formula is C3H5NNa2O5S. The number of primary amides is 1. The number of rotatable bonds is 1. The average molecular weight is 213 g/mol. The Labute approximate surface area is 115 Å². The molecule has 0 aromatic carbocycles. The molecule has 0 aliphatic carbocycles. The van der Waals surface area contributed by atoms with Gasteiger partial charge in [0.05, 0.1) is 0 Å². The molecule has 9 heteroatoms. The number of carbonyl (C=O) groups excluding carboxylic acids is 1. The molecule has 0 radical (unpaired) electrons. The first-order chi connectivity index (χ1) is 4.27. The van der Waals surface area contributed by atoms with Crippen LogP contribution in [-0.2, 0) is 15.2 Å². The van der Waals surface area contributed by atoms with Gasteiger partial charge < -0.3 is 14.8 Å². The average Bonchev–Trinajstić information content (AvgIpc) is 1.61. The Kier molecular flexibility index (Phi) is 23.3. The van der Waals surface area contributed by atoms with Crippen LogP contribution in [0.25, 0.3) is 0 Å². The molecule has 1 amide bonds. The fourth-order valence-electron chi connectivity index (χ4n) is 0. The predicted molar refractivity (Wildman–Crippen MR) is 29.9 cm³/mol. The summed E-state index contributed by atoms with van der Waals surface area (Å²) in [6.45, 7) is 3.09. The Morgan fingerprint density at radius 2 is 1.42 bits per heavy atom. The third-order valence-corrected chi connectivity index (χ3v) is 0.201. The molecule has 0 saturated heterocycles. The van der Waals surface area contributed by atoms with Crippen LogP contribution in [0.2, 0.25) is 0 Å². The van der Waals surface area contributed by atoms with E-state index in [4.69, 9.17) is 17.5 Å². The molecule has 6 nitrogen and oxygen atoms in total. The molecule has 0 spiro atoms. The summed E-state index contributed by atoms with van der Waals surface area (Å²) in [5.74, 6) is -0.481. The molecule has 2 N–H and O–H groups in total. The third-order valence-electron chi connectivity index (χ3n) is 0.201. The second kappa shape index (κ2) is 12.1. The van der Waals surface area contributed by atoms with E-state index in [0.717, 1.165) is 6.08 Å². The van der Waals surface area contributed by atoms with Crippen molar-refractivity contribution in [3.8, 4) is 0 Å². The van der Waals surface area contributed by atoms with Crippen LogP contribution in [0.5, 0.6) is 0 Å². The molecule has 0 aliphatic heterocycles. The summed E-state index contributed by atoms with van der Waals surface area (Å²) in [5, 5.41) is 0. The van der Waals surface area contributed by atoms with E-state index in [1.807, 2.05) is 0 Å². The molecule has 60 valence electrons. The second-order valence-electron chi connectivity index (χ2n) is 1.01. The summed E-state index contributed by atoms with van der Waals surface area (Å²) in [4.78, 5) is 9.47. The molecule has 0 rings (SSSR count). The van der Waals surface area contributed by atoms with Crippen molar-refractivity contribution in [3.05, 3.63) is 12.7 Å². The molecule has 0 bridgehead atoms. The summed E-state index contributed by atoms with van der Waals surface area (Å²) in [5.41, 5.74) is 4.53. The van der Waals surface area contributed by atoms with Gasteiger partial charge in [-0.25, -0.2) is 0 Å². The van der Waals surface area contributed by atoms with Crippen molar-refractivity contribution in [3.63, 3.8) is 0 Å². The van der Waals surface area contributed by atoms with E-state index in [9.17, 15) is 4.79 Å². The largest absolute Gasteiger partial charge is 1.00 e. The van der Waals surface area contributed by atoms with Crippen LogP contribution in [0.1, 0.15) is 0 Å². The van der Waals surface area contributed by atoms with Crippen molar-refractivity contribution in [1.82, 2.24) is 0 Å². The van der Waals surface area contributed by atoms with Crippen molar-refractivity contribution >= 4 is 16.3 Å². The monoisotopic (exact) mass is 213 g/mol. The van der Waals surface area contributed by atoms with Crippen LogP contribution in [0.15, 0.2) is 12.7 Å². The zero-order chi connectivity index (χ0) is 8.78. The molecule has 0 heterocycles. The number of hydrogen-bond donors (Lipinski definition) is 1. The Morgan fingerprint density at radius 3 is 1.42 bits per heavy atom. The molecule has 0 unspecified atom stereocenters. The zero-order valence-corrected chi connectivity index (χ0v) is 11.6. The quantitative estimate of drug-likeness (QED) is 0.200. The molecule has 0 aliphatic rings. The van der Waals surface area contributed by atoms with E-state index in [1.165, 1.54) is 0 Å². The van der Waals surface area contributed by atoms with Crippen molar-refractivity contribution < 1.29 is 81.4 Å². The minimum Gasteiger partial charge on any atom is -0.759 e. The van der Waals surface area contributed by atoms with Crippen LogP contribution < -0.4 is 64.8 Å². The predicted octanol–water partition coefficient (Wildman–Crippen LogP) is -7.67. The SMILES string of the molecule is C=CC(N)=O.O=S(=O)([O-])[O-].[Na+].[Na+]. The van der Waals surface area contributed by atoms with Gasteiger partial charge in [0.2, 0.25) is 5.91 Å². The molecule has 0 saturated carbocycles. The topological polar surface area (TPSA) is 123 Å². The smallest absolute Gasteiger partial charge is 0.759 e. The van der Waals surface area contributed by atoms with Gasteiger partial charge in [-0.15, -0.1) is 0 Å². The van der Waals surface area contributed by atoms with E-state index in [0.29, 0.717) is 0 Å². The van der Waals surface area contributed by atoms with Gasteiger partial charge in [-0.3, -0.25) is 13.2 Å². The fraction of sp³-hybridized carbons (Fsp3) is 0. The Hall–Kier alpha value is 1.08. The number of carbonyl (C=O) groups is 1. The van der Waals surface area contributed by atoms with E-state index in [-0.39, 0.29) is 59.1 Å². The van der Waals surface area contributed by atoms with Crippen LogP contribution >= 0.6 is 0 Å². The number of amides is 1. The zero-order valence-electron chi connectivity index (χ0n) is 6.81. The van der Waals surface area contributed by atoms with E-state index in [2.05, 4.69) is 12.3 Å². The molecule has 0 aromatic heterocycles. The Morgan fingerprint density at radius 1 is 1.33 bits per heavy atom. The van der Waals surface area contributed by atoms with E-state index in [1.54, 1.807) is 0 Å². The van der Waals surface area contributed by atoms with Gasteiger partial charge in [0.1, 0.15) is 0 Å². The van der Waals surface area contributed by atoms with Crippen molar-refractivity contribution in [1.29, 1.82) is 0 Å². The summed E-state index contributed by atoms with van der Waals surface area (Å²) in [6.07, 6.45) is 1.06. The first-order valence-corrected chi connectivity index (χ1v) is 3.19. The maximum atomic E-state index is 9.47. The van der Waals surface area contributed by atoms with Gasteiger partial charge in [0.15, 0.2) is 0 Å². The molecular weight excluding hydrogens is 208 g/mol. The standard InChI is InChI=1S/C3H5NO.2Na.H2O4S/c1-2-3(4)5;;;1-5(2,3)4/h2H,1H2,(H2,4,5);;;(H2,1,2,3,4)/q;2*+1;/p-2. The molecule has 0 atom stereocenters. The van der Waals surface area contributed by atoms with Gasteiger partial charge >= 0.3 is 59.1 Å². The first kappa shape index (κ1) is 23.2. The summed E-state index contributed by atoms with van der Waals surface area (Å²) in [6, 6.07) is 0. The maximum absolute atomic E-state index is 9.47. The minimum absolute atomic E-state index is 0. The first-order valence-electron chi connectivity index (χ1n) is 1.86. The maximum Gasteiger partial charge on any atom is 1.00 e. The van der Waals surface area contributed by atoms with Crippen LogP contribution in [0, 0.1) is 0 Å². The Balaban J connectivity index is -0.0000000457. The number of hydrogen-bond acceptors (Lipinski definition) is 5. The van der Waals surface area contributed by atoms with Gasteiger partial charge in [0, 0.05) is 10.4 Å². The Bertz CT molecular complexity index is 205. The van der Waals surface area contributed by atoms with Crippen molar-refractivity contribution in [2.75, 3.05) is 0 Å². The fourth-order valence-corrected chi connectivity index (χ4v) is 0. The minimum atomic E-state index is -5.17. The molecule has 0 fully saturated rings. The normalized spacial score (nSPS) is 7.50. The van der Waals surface area contributed by atoms with Gasteiger partial charge in [-0.1, -0.05) is 6.58 Å². The molecule has 0 aromatic rings. The van der Waals surface area contributed by atoms with Crippen LogP contribution in [0.4, 0.5) is 0 Å². The van der Waals surface area contributed by atoms with Crippen molar-refractivity contribution in [2.24, 2.45) is 5.73 Å². The van der Waals surface area contributed by atoms with E-state index >= 15 is 0 Å². The van der Waals surface area contributed by atoms with Gasteiger partial charge in [-0.05, 0) is 6.08 Å². The molecule has 12 heavy (non-hydrogen) atoms. The van der Waals surface area contributed by atoms with Crippen molar-refractivity contribution in [2.45, 2.75) is 0 Å². The van der Waals surface area contributed by atoms with Crippen LogP contribution in [-0.4, -0.2) is 23.4 Å². The van der Waals surface area contributed by atoms with E-state index < -0.39 is 16.3 Å². The summed E-state index contributed by atoms with van der Waals surface area (Å²) >= 11 is 0.